The van der Waals surface area contributed by atoms with Crippen molar-refractivity contribution in [2.24, 2.45) is 0 Å². The number of hydrogen-bond acceptors (Lipinski definition) is 4. The van der Waals surface area contributed by atoms with Crippen molar-refractivity contribution < 1.29 is 19.0 Å². The molecule has 0 aliphatic heterocycles. The highest BCUT2D eigenvalue weighted by Gasteiger charge is 2.08. The highest BCUT2D eigenvalue weighted by atomic mass is 79.9. The van der Waals surface area contributed by atoms with E-state index in [-0.39, 0.29) is 12.4 Å². The third-order valence-corrected chi connectivity index (χ3v) is 2.90. The molecule has 0 radical (unpaired) electrons. The summed E-state index contributed by atoms with van der Waals surface area (Å²) in [5.41, 5.74) is 0.637. The number of Topliss-reactive ketones (excluding diaryl/α,β-unsaturated/α-hetero) is 1. The quantitative estimate of drug-likeness (QED) is 0.518. The predicted octanol–water partition coefficient (Wildman–Crippen LogP) is 2.31. The molecule has 0 amide bonds. The molecule has 0 unspecified atom stereocenters. The minimum absolute atomic E-state index is 0.0423. The first-order chi connectivity index (χ1) is 8.75. The number of carbonyl (C=O) groups is 1. The van der Waals surface area contributed by atoms with Crippen LogP contribution < -0.4 is 0 Å². The molecule has 5 heteroatoms. The molecular formula is C13H17BrO4. The van der Waals surface area contributed by atoms with E-state index in [0.717, 1.165) is 4.47 Å². The van der Waals surface area contributed by atoms with Crippen LogP contribution in [0.15, 0.2) is 28.7 Å². The third-order valence-electron chi connectivity index (χ3n) is 2.21. The summed E-state index contributed by atoms with van der Waals surface area (Å²) in [6.45, 7) is 2.04. The summed E-state index contributed by atoms with van der Waals surface area (Å²) in [5.74, 6) is -0.0423. The van der Waals surface area contributed by atoms with Crippen LogP contribution in [0.5, 0.6) is 0 Å². The Morgan fingerprint density at radius 1 is 1.11 bits per heavy atom. The average molecular weight is 317 g/mol. The van der Waals surface area contributed by atoms with E-state index in [4.69, 9.17) is 14.2 Å². The molecular weight excluding hydrogens is 300 g/mol. The Bertz CT molecular complexity index is 368. The van der Waals surface area contributed by atoms with Crippen LogP contribution in [0.2, 0.25) is 0 Å². The maximum atomic E-state index is 11.8. The minimum atomic E-state index is -0.0423. The molecule has 100 valence electrons. The van der Waals surface area contributed by atoms with E-state index in [1.807, 2.05) is 18.2 Å². The summed E-state index contributed by atoms with van der Waals surface area (Å²) in [4.78, 5) is 11.8. The number of ketones is 1. The van der Waals surface area contributed by atoms with Crippen molar-refractivity contribution in [2.75, 3.05) is 40.1 Å². The fraction of sp³-hybridized carbons (Fsp3) is 0.462. The van der Waals surface area contributed by atoms with Crippen LogP contribution in [0.4, 0.5) is 0 Å². The van der Waals surface area contributed by atoms with Gasteiger partial charge >= 0.3 is 0 Å². The Labute approximate surface area is 115 Å². The van der Waals surface area contributed by atoms with Crippen LogP contribution in [0.3, 0.4) is 0 Å². The summed E-state index contributed by atoms with van der Waals surface area (Å²) >= 11 is 3.33. The Morgan fingerprint density at radius 3 is 2.50 bits per heavy atom. The molecule has 0 spiro atoms. The van der Waals surface area contributed by atoms with Gasteiger partial charge in [0.25, 0.3) is 0 Å². The molecule has 1 rings (SSSR count). The first-order valence-electron chi connectivity index (χ1n) is 5.68. The van der Waals surface area contributed by atoms with Crippen LogP contribution in [-0.4, -0.2) is 45.9 Å². The highest BCUT2D eigenvalue weighted by molar-refractivity contribution is 9.10. The Morgan fingerprint density at radius 2 is 1.78 bits per heavy atom. The second-order valence-electron chi connectivity index (χ2n) is 3.56. The summed E-state index contributed by atoms with van der Waals surface area (Å²) in [6.07, 6.45) is 0. The molecule has 0 fully saturated rings. The van der Waals surface area contributed by atoms with E-state index in [2.05, 4.69) is 15.9 Å². The Balaban J connectivity index is 2.16. The molecule has 1 aromatic rings. The average Bonchev–Trinajstić information content (AvgIpc) is 2.38. The van der Waals surface area contributed by atoms with Gasteiger partial charge in [0.2, 0.25) is 0 Å². The van der Waals surface area contributed by atoms with Gasteiger partial charge in [-0.1, -0.05) is 34.1 Å². The molecule has 0 aliphatic carbocycles. The van der Waals surface area contributed by atoms with E-state index in [0.29, 0.717) is 32.0 Å². The Kier molecular flexibility index (Phi) is 7.84. The molecule has 0 atom stereocenters. The van der Waals surface area contributed by atoms with Crippen molar-refractivity contribution >= 4 is 21.7 Å². The van der Waals surface area contributed by atoms with E-state index < -0.39 is 0 Å². The van der Waals surface area contributed by atoms with Gasteiger partial charge in [-0.25, -0.2) is 0 Å². The summed E-state index contributed by atoms with van der Waals surface area (Å²) in [6, 6.07) is 7.29. The van der Waals surface area contributed by atoms with Gasteiger partial charge in [-0.05, 0) is 6.07 Å². The first-order valence-corrected chi connectivity index (χ1v) is 6.47. The minimum Gasteiger partial charge on any atom is -0.382 e. The summed E-state index contributed by atoms with van der Waals surface area (Å²) in [5, 5.41) is 0. The smallest absolute Gasteiger partial charge is 0.189 e. The van der Waals surface area contributed by atoms with E-state index >= 15 is 0 Å². The van der Waals surface area contributed by atoms with Crippen molar-refractivity contribution in [2.45, 2.75) is 0 Å². The van der Waals surface area contributed by atoms with Gasteiger partial charge in [0.05, 0.1) is 26.4 Å². The SMILES string of the molecule is COCCOCCOCC(=O)c1ccccc1Br. The van der Waals surface area contributed by atoms with Crippen LogP contribution in [-0.2, 0) is 14.2 Å². The molecule has 0 N–H and O–H groups in total. The lowest BCUT2D eigenvalue weighted by molar-refractivity contribution is 0.0253. The van der Waals surface area contributed by atoms with E-state index in [9.17, 15) is 4.79 Å². The largest absolute Gasteiger partial charge is 0.382 e. The van der Waals surface area contributed by atoms with Crippen molar-refractivity contribution in [3.63, 3.8) is 0 Å². The van der Waals surface area contributed by atoms with Crippen molar-refractivity contribution in [3.8, 4) is 0 Å². The number of carbonyl (C=O) groups excluding carboxylic acids is 1. The molecule has 18 heavy (non-hydrogen) atoms. The number of hydrogen-bond donors (Lipinski definition) is 0. The van der Waals surface area contributed by atoms with Crippen LogP contribution in [0, 0.1) is 0 Å². The van der Waals surface area contributed by atoms with E-state index in [1.165, 1.54) is 0 Å². The second-order valence-corrected chi connectivity index (χ2v) is 4.42. The molecule has 1 aromatic carbocycles. The number of ether oxygens (including phenoxy) is 3. The predicted molar refractivity (Wildman–Crippen MR) is 72.0 cm³/mol. The van der Waals surface area contributed by atoms with Crippen LogP contribution >= 0.6 is 15.9 Å². The monoisotopic (exact) mass is 316 g/mol. The number of halogens is 1. The van der Waals surface area contributed by atoms with Gasteiger partial charge in [-0.3, -0.25) is 4.79 Å². The normalized spacial score (nSPS) is 10.6. The molecule has 0 heterocycles. The lowest BCUT2D eigenvalue weighted by Gasteiger charge is -2.06. The molecule has 0 aromatic heterocycles. The highest BCUT2D eigenvalue weighted by Crippen LogP contribution is 2.16. The number of benzene rings is 1. The Hall–Kier alpha value is -0.750. The van der Waals surface area contributed by atoms with Crippen LogP contribution in [0.25, 0.3) is 0 Å². The molecule has 0 saturated heterocycles. The molecule has 4 nitrogen and oxygen atoms in total. The van der Waals surface area contributed by atoms with Gasteiger partial charge in [0, 0.05) is 17.1 Å². The zero-order valence-corrected chi connectivity index (χ0v) is 11.9. The van der Waals surface area contributed by atoms with Gasteiger partial charge in [-0.15, -0.1) is 0 Å². The first kappa shape index (κ1) is 15.3. The van der Waals surface area contributed by atoms with Crippen LogP contribution in [0.1, 0.15) is 10.4 Å². The number of rotatable bonds is 9. The second kappa shape index (κ2) is 9.22. The van der Waals surface area contributed by atoms with Gasteiger partial charge in [-0.2, -0.15) is 0 Å². The van der Waals surface area contributed by atoms with Crippen molar-refractivity contribution in [3.05, 3.63) is 34.3 Å². The summed E-state index contributed by atoms with van der Waals surface area (Å²) in [7, 11) is 1.62. The van der Waals surface area contributed by atoms with Gasteiger partial charge < -0.3 is 14.2 Å². The summed E-state index contributed by atoms with van der Waals surface area (Å²) < 4.78 is 16.1. The van der Waals surface area contributed by atoms with E-state index in [1.54, 1.807) is 13.2 Å². The third kappa shape index (κ3) is 5.73. The van der Waals surface area contributed by atoms with Gasteiger partial charge in [0.1, 0.15) is 6.61 Å². The fourth-order valence-corrected chi connectivity index (χ4v) is 1.80. The van der Waals surface area contributed by atoms with Crippen molar-refractivity contribution in [1.82, 2.24) is 0 Å². The maximum Gasteiger partial charge on any atom is 0.189 e. The van der Waals surface area contributed by atoms with Crippen molar-refractivity contribution in [1.29, 1.82) is 0 Å². The zero-order valence-electron chi connectivity index (χ0n) is 10.4. The van der Waals surface area contributed by atoms with Gasteiger partial charge in [0.15, 0.2) is 5.78 Å². The standard InChI is InChI=1S/C13H17BrO4/c1-16-6-7-17-8-9-18-10-13(15)11-4-2-3-5-12(11)14/h2-5H,6-10H2,1H3. The number of methoxy groups -OCH3 is 1. The maximum absolute atomic E-state index is 11.8. The fourth-order valence-electron chi connectivity index (χ4n) is 1.29. The molecule has 0 aliphatic rings. The lowest BCUT2D eigenvalue weighted by atomic mass is 10.1. The molecule has 0 bridgehead atoms. The topological polar surface area (TPSA) is 44.8 Å². The lowest BCUT2D eigenvalue weighted by Crippen LogP contribution is -2.14. The zero-order chi connectivity index (χ0) is 13.2. The molecule has 0 saturated carbocycles.